The van der Waals surface area contributed by atoms with Gasteiger partial charge in [0.15, 0.2) is 5.96 Å². The second kappa shape index (κ2) is 9.70. The molecule has 2 rings (SSSR count). The van der Waals surface area contributed by atoms with Crippen LogP contribution in [0.1, 0.15) is 22.3 Å². The number of benzene rings is 1. The quantitative estimate of drug-likeness (QED) is 0.506. The molecule has 0 spiro atoms. The lowest BCUT2D eigenvalue weighted by Crippen LogP contribution is -2.42. The van der Waals surface area contributed by atoms with Crippen molar-refractivity contribution < 1.29 is 13.2 Å². The van der Waals surface area contributed by atoms with Crippen molar-refractivity contribution >= 4 is 21.9 Å². The van der Waals surface area contributed by atoms with Crippen LogP contribution in [0, 0.1) is 0 Å². The number of hydrogen-bond acceptors (Lipinski definition) is 4. The molecule has 9 heteroatoms. The van der Waals surface area contributed by atoms with E-state index in [4.69, 9.17) is 0 Å². The zero-order valence-electron chi connectivity index (χ0n) is 16.2. The number of carbonyl (C=O) groups excluding carboxylic acids is 1. The van der Waals surface area contributed by atoms with Gasteiger partial charge in [-0.3, -0.25) is 9.79 Å². The van der Waals surface area contributed by atoms with Crippen LogP contribution in [0.15, 0.2) is 29.3 Å². The van der Waals surface area contributed by atoms with Gasteiger partial charge in [0.1, 0.15) is 0 Å². The van der Waals surface area contributed by atoms with Crippen molar-refractivity contribution in [2.45, 2.75) is 12.8 Å². The largest absolute Gasteiger partial charge is 0.356 e. The monoisotopic (exact) mass is 395 g/mol. The van der Waals surface area contributed by atoms with Crippen molar-refractivity contribution in [3.63, 3.8) is 0 Å². The van der Waals surface area contributed by atoms with Crippen LogP contribution in [0.4, 0.5) is 0 Å². The van der Waals surface area contributed by atoms with Crippen molar-refractivity contribution in [3.8, 4) is 0 Å². The highest BCUT2D eigenvalue weighted by molar-refractivity contribution is 7.89. The average molecular weight is 396 g/mol. The lowest BCUT2D eigenvalue weighted by Gasteiger charge is -2.16. The minimum absolute atomic E-state index is 0.0147. The third-order valence-electron chi connectivity index (χ3n) is 4.37. The molecule has 0 unspecified atom stereocenters. The Bertz CT molecular complexity index is 777. The van der Waals surface area contributed by atoms with E-state index in [1.807, 2.05) is 24.3 Å². The minimum atomic E-state index is -3.06. The van der Waals surface area contributed by atoms with Gasteiger partial charge in [0.2, 0.25) is 10.0 Å². The smallest absolute Gasteiger partial charge is 0.253 e. The first kappa shape index (κ1) is 21.2. The molecule has 0 atom stereocenters. The van der Waals surface area contributed by atoms with Gasteiger partial charge < -0.3 is 15.5 Å². The third kappa shape index (κ3) is 6.21. The number of hydrogen-bond donors (Lipinski definition) is 2. The van der Waals surface area contributed by atoms with Crippen LogP contribution in [0.2, 0.25) is 0 Å². The summed E-state index contributed by atoms with van der Waals surface area (Å²) in [4.78, 5) is 17.7. The van der Waals surface area contributed by atoms with Gasteiger partial charge in [0.25, 0.3) is 5.91 Å². The maximum absolute atomic E-state index is 12.0. The van der Waals surface area contributed by atoms with E-state index in [1.54, 1.807) is 26.0 Å². The highest BCUT2D eigenvalue weighted by Gasteiger charge is 2.27. The van der Waals surface area contributed by atoms with E-state index in [2.05, 4.69) is 15.6 Å². The molecular weight excluding hydrogens is 366 g/mol. The van der Waals surface area contributed by atoms with Gasteiger partial charge >= 0.3 is 0 Å². The number of carbonyl (C=O) groups is 1. The fourth-order valence-corrected chi connectivity index (χ4v) is 4.43. The molecular formula is C18H29N5O3S. The van der Waals surface area contributed by atoms with E-state index in [0.29, 0.717) is 44.1 Å². The van der Waals surface area contributed by atoms with Crippen LogP contribution in [0.5, 0.6) is 0 Å². The molecule has 0 radical (unpaired) electrons. The van der Waals surface area contributed by atoms with Crippen LogP contribution >= 0.6 is 0 Å². The van der Waals surface area contributed by atoms with Crippen molar-refractivity contribution in [3.05, 3.63) is 35.4 Å². The standard InChI is InChI=1S/C18H29N5O3S/c1-19-18(21-10-12-23-11-5-13-27(23,25)26)20-9-8-15-6-4-7-16(14-15)17(24)22(2)3/h4,6-7,14H,5,8-13H2,1-3H3,(H2,19,20,21). The first-order chi connectivity index (χ1) is 12.8. The topological polar surface area (TPSA) is 94.1 Å². The lowest BCUT2D eigenvalue weighted by atomic mass is 10.1. The number of guanidine groups is 1. The Morgan fingerprint density at radius 2 is 2.00 bits per heavy atom. The highest BCUT2D eigenvalue weighted by Crippen LogP contribution is 2.11. The molecule has 0 aliphatic carbocycles. The fraction of sp³-hybridized carbons (Fsp3) is 0.556. The molecule has 1 heterocycles. The van der Waals surface area contributed by atoms with Gasteiger partial charge in [0, 0.05) is 52.9 Å². The average Bonchev–Trinajstić information content (AvgIpc) is 2.98. The molecule has 1 aromatic carbocycles. The van der Waals surface area contributed by atoms with E-state index >= 15 is 0 Å². The summed E-state index contributed by atoms with van der Waals surface area (Å²) in [5.74, 6) is 0.862. The molecule has 2 N–H and O–H groups in total. The van der Waals surface area contributed by atoms with Gasteiger partial charge in [-0.25, -0.2) is 12.7 Å². The number of amides is 1. The maximum atomic E-state index is 12.0. The third-order valence-corrected chi connectivity index (χ3v) is 6.32. The maximum Gasteiger partial charge on any atom is 0.253 e. The van der Waals surface area contributed by atoms with Crippen LogP contribution in [-0.2, 0) is 16.4 Å². The van der Waals surface area contributed by atoms with Crippen LogP contribution < -0.4 is 10.6 Å². The Balaban J connectivity index is 1.76. The fourth-order valence-electron chi connectivity index (χ4n) is 2.91. The molecule has 8 nitrogen and oxygen atoms in total. The normalized spacial score (nSPS) is 16.9. The molecule has 27 heavy (non-hydrogen) atoms. The molecule has 1 amide bonds. The van der Waals surface area contributed by atoms with E-state index in [9.17, 15) is 13.2 Å². The molecule has 0 aromatic heterocycles. The van der Waals surface area contributed by atoms with E-state index in [1.165, 1.54) is 4.31 Å². The molecule has 1 aliphatic heterocycles. The molecule has 1 fully saturated rings. The first-order valence-corrected chi connectivity index (χ1v) is 10.7. The van der Waals surface area contributed by atoms with Gasteiger partial charge in [-0.2, -0.15) is 0 Å². The number of nitrogens with zero attached hydrogens (tertiary/aromatic N) is 3. The van der Waals surface area contributed by atoms with Gasteiger partial charge in [0.05, 0.1) is 5.75 Å². The number of sulfonamides is 1. The Morgan fingerprint density at radius 3 is 2.63 bits per heavy atom. The second-order valence-corrected chi connectivity index (χ2v) is 8.73. The number of nitrogens with one attached hydrogen (secondary N) is 2. The summed E-state index contributed by atoms with van der Waals surface area (Å²) < 4.78 is 25.1. The Hall–Kier alpha value is -2.13. The molecule has 1 aliphatic rings. The summed E-state index contributed by atoms with van der Waals surface area (Å²) >= 11 is 0. The summed E-state index contributed by atoms with van der Waals surface area (Å²) in [6.45, 7) is 2.20. The number of rotatable bonds is 7. The first-order valence-electron chi connectivity index (χ1n) is 9.06. The number of aliphatic imine (C=N–C) groups is 1. The Labute approximate surface area is 161 Å². The molecule has 150 valence electrons. The van der Waals surface area contributed by atoms with E-state index in [-0.39, 0.29) is 11.7 Å². The van der Waals surface area contributed by atoms with Crippen molar-refractivity contribution in [1.29, 1.82) is 0 Å². The van der Waals surface area contributed by atoms with E-state index < -0.39 is 10.0 Å². The second-order valence-electron chi connectivity index (χ2n) is 6.64. The predicted molar refractivity (Wildman–Crippen MR) is 108 cm³/mol. The SMILES string of the molecule is CN=C(NCCc1cccc(C(=O)N(C)C)c1)NCCN1CCCS1(=O)=O. The van der Waals surface area contributed by atoms with Crippen molar-refractivity contribution in [2.24, 2.45) is 4.99 Å². The summed E-state index contributed by atoms with van der Waals surface area (Å²) in [6, 6.07) is 7.59. The van der Waals surface area contributed by atoms with Gasteiger partial charge in [-0.15, -0.1) is 0 Å². The Kier molecular flexibility index (Phi) is 7.61. The molecule has 1 aromatic rings. The van der Waals surface area contributed by atoms with Crippen molar-refractivity contribution in [1.82, 2.24) is 19.8 Å². The molecule has 0 bridgehead atoms. The zero-order valence-corrected chi connectivity index (χ0v) is 17.1. The van der Waals surface area contributed by atoms with E-state index in [0.717, 1.165) is 12.0 Å². The van der Waals surface area contributed by atoms with Gasteiger partial charge in [-0.05, 0) is 30.5 Å². The molecule has 0 saturated carbocycles. The molecule has 1 saturated heterocycles. The summed E-state index contributed by atoms with van der Waals surface area (Å²) in [5, 5.41) is 6.35. The lowest BCUT2D eigenvalue weighted by molar-refractivity contribution is 0.0827. The predicted octanol–water partition coefficient (Wildman–Crippen LogP) is 0.131. The minimum Gasteiger partial charge on any atom is -0.356 e. The van der Waals surface area contributed by atoms with Crippen LogP contribution in [0.25, 0.3) is 0 Å². The van der Waals surface area contributed by atoms with Crippen LogP contribution in [-0.4, -0.2) is 82.6 Å². The highest BCUT2D eigenvalue weighted by atomic mass is 32.2. The zero-order chi connectivity index (χ0) is 19.9. The van der Waals surface area contributed by atoms with Crippen LogP contribution in [0.3, 0.4) is 0 Å². The summed E-state index contributed by atoms with van der Waals surface area (Å²) in [5.41, 5.74) is 1.74. The van der Waals surface area contributed by atoms with Crippen molar-refractivity contribution in [2.75, 3.05) is 53.1 Å². The van der Waals surface area contributed by atoms with Gasteiger partial charge in [-0.1, -0.05) is 12.1 Å². The summed E-state index contributed by atoms with van der Waals surface area (Å²) in [6.07, 6.45) is 1.44. The summed E-state index contributed by atoms with van der Waals surface area (Å²) in [7, 11) is 2.09. The Morgan fingerprint density at radius 1 is 1.26 bits per heavy atom.